The number of hydrogen-bond acceptors (Lipinski definition) is 4. The zero-order valence-corrected chi connectivity index (χ0v) is 18.6. The Morgan fingerprint density at radius 1 is 1.06 bits per heavy atom. The fraction of sp³-hybridized carbons (Fsp3) is 0.333. The van der Waals surface area contributed by atoms with Crippen LogP contribution >= 0.6 is 0 Å². The van der Waals surface area contributed by atoms with Gasteiger partial charge in [-0.2, -0.15) is 0 Å². The summed E-state index contributed by atoms with van der Waals surface area (Å²) >= 11 is 0. The maximum absolute atomic E-state index is 13.3. The van der Waals surface area contributed by atoms with Crippen molar-refractivity contribution >= 4 is 5.97 Å². The van der Waals surface area contributed by atoms with Gasteiger partial charge < -0.3 is 14.3 Å². The fourth-order valence-electron chi connectivity index (χ4n) is 4.71. The molecule has 1 fully saturated rings. The van der Waals surface area contributed by atoms with Crippen LogP contribution in [0.25, 0.3) is 0 Å². The van der Waals surface area contributed by atoms with Crippen LogP contribution in [0, 0.1) is 0 Å². The van der Waals surface area contributed by atoms with Gasteiger partial charge in [-0.05, 0) is 22.8 Å². The first-order valence-corrected chi connectivity index (χ1v) is 11.3. The number of pyridine rings is 1. The van der Waals surface area contributed by atoms with E-state index in [0.29, 0.717) is 17.7 Å². The molecule has 166 valence electrons. The number of esters is 1. The number of benzene rings is 2. The maximum Gasteiger partial charge on any atom is 0.347 e. The number of carbonyl (C=O) groups is 1. The average molecular weight is 432 g/mol. The van der Waals surface area contributed by atoms with Gasteiger partial charge in [-0.1, -0.05) is 66.7 Å². The Morgan fingerprint density at radius 2 is 1.72 bits per heavy atom. The molecule has 0 radical (unpaired) electrons. The van der Waals surface area contributed by atoms with E-state index in [1.165, 1.54) is 5.56 Å². The minimum Gasteiger partial charge on any atom is -0.457 e. The number of carbonyl (C=O) groups excluding carboxylic acids is 1. The molecule has 3 aromatic rings. The van der Waals surface area contributed by atoms with Gasteiger partial charge in [0, 0.05) is 31.7 Å². The third-order valence-electron chi connectivity index (χ3n) is 6.81. The molecule has 4 rings (SSSR count). The van der Waals surface area contributed by atoms with Crippen molar-refractivity contribution in [3.8, 4) is 0 Å². The third kappa shape index (κ3) is 4.59. The number of likely N-dealkylation sites (tertiary alicyclic amines) is 1. The van der Waals surface area contributed by atoms with E-state index in [-0.39, 0.29) is 6.04 Å². The Labute approximate surface area is 189 Å². The van der Waals surface area contributed by atoms with Crippen molar-refractivity contribution in [2.45, 2.75) is 30.9 Å². The van der Waals surface area contributed by atoms with Gasteiger partial charge in [0.25, 0.3) is 0 Å². The maximum atomic E-state index is 13.3. The zero-order valence-electron chi connectivity index (χ0n) is 18.6. The molecule has 0 saturated carbocycles. The minimum absolute atomic E-state index is 0.214. The molecular formula is C27H31N2O3+. The largest absolute Gasteiger partial charge is 0.457 e. The van der Waals surface area contributed by atoms with Crippen LogP contribution in [0.2, 0.25) is 0 Å². The Kier molecular flexibility index (Phi) is 6.68. The topological polar surface area (TPSA) is 59.4 Å². The Balaban J connectivity index is 1.48. The molecule has 1 aliphatic rings. The molecule has 1 aliphatic heterocycles. The van der Waals surface area contributed by atoms with Crippen molar-refractivity contribution in [2.24, 2.45) is 0 Å². The molecule has 5 nitrogen and oxygen atoms in total. The SMILES string of the molecule is C[N@+]1(CCc2cccnc2)CCCC1COC(=O)C(O)(c1ccccc1)c1ccccc1. The number of ether oxygens (including phenoxy) is 1. The van der Waals surface area contributed by atoms with E-state index in [0.717, 1.165) is 36.8 Å². The van der Waals surface area contributed by atoms with E-state index in [1.54, 1.807) is 30.5 Å². The first kappa shape index (κ1) is 22.2. The van der Waals surface area contributed by atoms with Gasteiger partial charge >= 0.3 is 5.97 Å². The van der Waals surface area contributed by atoms with Crippen molar-refractivity contribution in [2.75, 3.05) is 26.7 Å². The highest BCUT2D eigenvalue weighted by molar-refractivity contribution is 5.85. The van der Waals surface area contributed by atoms with Crippen LogP contribution in [-0.4, -0.2) is 53.3 Å². The summed E-state index contributed by atoms with van der Waals surface area (Å²) in [5, 5.41) is 11.6. The molecule has 1 aromatic heterocycles. The highest BCUT2D eigenvalue weighted by atomic mass is 16.6. The quantitative estimate of drug-likeness (QED) is 0.436. The third-order valence-corrected chi connectivity index (χ3v) is 6.81. The molecule has 0 aliphatic carbocycles. The number of rotatable bonds is 8. The summed E-state index contributed by atoms with van der Waals surface area (Å²) in [5.41, 5.74) is 0.408. The summed E-state index contributed by atoms with van der Waals surface area (Å²) in [4.78, 5) is 17.5. The predicted octanol–water partition coefficient (Wildman–Crippen LogP) is 3.71. The minimum atomic E-state index is -1.83. The van der Waals surface area contributed by atoms with E-state index >= 15 is 0 Å². The van der Waals surface area contributed by atoms with Crippen LogP contribution in [0.4, 0.5) is 0 Å². The summed E-state index contributed by atoms with van der Waals surface area (Å²) in [6.07, 6.45) is 6.75. The normalized spacial score (nSPS) is 20.8. The average Bonchev–Trinajstić information content (AvgIpc) is 3.23. The molecule has 1 unspecified atom stereocenters. The molecule has 5 heteroatoms. The summed E-state index contributed by atoms with van der Waals surface area (Å²) in [6, 6.07) is 22.3. The first-order valence-electron chi connectivity index (χ1n) is 11.3. The van der Waals surface area contributed by atoms with Crippen LogP contribution < -0.4 is 0 Å². The van der Waals surface area contributed by atoms with Crippen LogP contribution in [0.3, 0.4) is 0 Å². The highest BCUT2D eigenvalue weighted by Gasteiger charge is 2.44. The molecule has 0 spiro atoms. The molecule has 32 heavy (non-hydrogen) atoms. The lowest BCUT2D eigenvalue weighted by atomic mass is 9.86. The second kappa shape index (κ2) is 9.63. The van der Waals surface area contributed by atoms with E-state index in [1.807, 2.05) is 48.7 Å². The summed E-state index contributed by atoms with van der Waals surface area (Å²) < 4.78 is 6.69. The van der Waals surface area contributed by atoms with Gasteiger partial charge in [0.2, 0.25) is 5.60 Å². The van der Waals surface area contributed by atoms with Crippen molar-refractivity contribution < 1.29 is 19.1 Å². The Bertz CT molecular complexity index is 971. The van der Waals surface area contributed by atoms with Crippen molar-refractivity contribution in [3.05, 3.63) is 102 Å². The van der Waals surface area contributed by atoms with Crippen LogP contribution in [0.5, 0.6) is 0 Å². The van der Waals surface area contributed by atoms with Crippen LogP contribution in [0.1, 0.15) is 29.5 Å². The number of aliphatic hydroxyl groups is 1. The van der Waals surface area contributed by atoms with Gasteiger partial charge in [0.05, 0.1) is 20.1 Å². The van der Waals surface area contributed by atoms with Gasteiger partial charge in [0.15, 0.2) is 0 Å². The lowest BCUT2D eigenvalue weighted by Crippen LogP contribution is -2.52. The van der Waals surface area contributed by atoms with E-state index in [2.05, 4.69) is 18.1 Å². The first-order chi connectivity index (χ1) is 15.5. The van der Waals surface area contributed by atoms with Gasteiger partial charge in [-0.15, -0.1) is 0 Å². The molecule has 1 saturated heterocycles. The van der Waals surface area contributed by atoms with Crippen molar-refractivity contribution in [1.82, 2.24) is 4.98 Å². The van der Waals surface area contributed by atoms with Crippen molar-refractivity contribution in [3.63, 3.8) is 0 Å². The number of aromatic nitrogens is 1. The molecule has 1 N–H and O–H groups in total. The smallest absolute Gasteiger partial charge is 0.347 e. The van der Waals surface area contributed by atoms with Crippen LogP contribution in [-0.2, 0) is 21.6 Å². The van der Waals surface area contributed by atoms with E-state index < -0.39 is 11.6 Å². The highest BCUT2D eigenvalue weighted by Crippen LogP contribution is 2.32. The second-order valence-electron chi connectivity index (χ2n) is 8.87. The lowest BCUT2D eigenvalue weighted by molar-refractivity contribution is -0.921. The standard InChI is InChI=1S/C27H31N2O3/c1-29(19-16-22-10-8-17-28-20-22)18-9-15-25(29)21-32-26(30)27(31,23-11-4-2-5-12-23)24-13-6-3-7-14-24/h2-8,10-14,17,20,25,31H,9,15-16,18-19,21H2,1H3/q+1/t25?,29-/m1/s1. The van der Waals surface area contributed by atoms with Gasteiger partial charge in [-0.25, -0.2) is 4.79 Å². The van der Waals surface area contributed by atoms with E-state index in [9.17, 15) is 9.90 Å². The zero-order chi connectivity index (χ0) is 22.4. The molecule has 2 heterocycles. The Hall–Kier alpha value is -3.02. The summed E-state index contributed by atoms with van der Waals surface area (Å²) in [6.45, 7) is 2.32. The Morgan fingerprint density at radius 3 is 2.31 bits per heavy atom. The van der Waals surface area contributed by atoms with E-state index in [4.69, 9.17) is 4.74 Å². The lowest BCUT2D eigenvalue weighted by Gasteiger charge is -2.36. The fourth-order valence-corrected chi connectivity index (χ4v) is 4.71. The molecule has 2 atom stereocenters. The summed E-state index contributed by atoms with van der Waals surface area (Å²) in [7, 11) is 2.24. The van der Waals surface area contributed by atoms with Crippen molar-refractivity contribution in [1.29, 1.82) is 0 Å². The monoisotopic (exact) mass is 431 g/mol. The summed E-state index contributed by atoms with van der Waals surface area (Å²) in [5.74, 6) is -0.624. The second-order valence-corrected chi connectivity index (χ2v) is 8.87. The van der Waals surface area contributed by atoms with Gasteiger partial charge in [0.1, 0.15) is 12.6 Å². The molecule has 0 amide bonds. The number of nitrogens with zero attached hydrogens (tertiary/aromatic N) is 2. The van der Waals surface area contributed by atoms with Gasteiger partial charge in [-0.3, -0.25) is 4.98 Å². The number of likely N-dealkylation sites (N-methyl/N-ethyl adjacent to an activating group) is 1. The number of quaternary nitrogens is 1. The number of hydrogen-bond donors (Lipinski definition) is 1. The molecule has 0 bridgehead atoms. The molecule has 2 aromatic carbocycles. The van der Waals surface area contributed by atoms with Crippen LogP contribution in [0.15, 0.2) is 85.2 Å². The predicted molar refractivity (Wildman–Crippen MR) is 124 cm³/mol. The molecular weight excluding hydrogens is 400 g/mol.